The topological polar surface area (TPSA) is 61.9 Å². The Kier molecular flexibility index (Phi) is 7.89. The minimum Gasteiger partial charge on any atom is -0.455 e. The molecule has 73 heavy (non-hydrogen) atoms. The number of para-hydroxylation sites is 2. The van der Waals surface area contributed by atoms with E-state index in [0.717, 1.165) is 105 Å². The van der Waals surface area contributed by atoms with Crippen molar-refractivity contribution < 1.29 is 8.83 Å². The van der Waals surface area contributed by atoms with Gasteiger partial charge in [-0.15, -0.1) is 0 Å². The van der Waals surface area contributed by atoms with Gasteiger partial charge in [0, 0.05) is 71.4 Å². The highest BCUT2D eigenvalue weighted by atomic mass is 16.3. The van der Waals surface area contributed by atoms with Crippen LogP contribution in [0.15, 0.2) is 185 Å². The smallest absolute Gasteiger partial charge is 0.252 e. The van der Waals surface area contributed by atoms with E-state index in [4.69, 9.17) is 18.8 Å². The summed E-state index contributed by atoms with van der Waals surface area (Å²) in [5.74, 6) is 0.665. The van der Waals surface area contributed by atoms with Crippen LogP contribution in [-0.2, 0) is 10.8 Å². The van der Waals surface area contributed by atoms with Crippen molar-refractivity contribution in [1.29, 1.82) is 0 Å². The molecule has 7 heteroatoms. The van der Waals surface area contributed by atoms with Gasteiger partial charge in [0.05, 0.1) is 33.2 Å². The van der Waals surface area contributed by atoms with Crippen molar-refractivity contribution >= 4 is 111 Å². The molecule has 0 fully saturated rings. The molecule has 2 aliphatic heterocycles. The van der Waals surface area contributed by atoms with E-state index in [0.29, 0.717) is 5.82 Å². The van der Waals surface area contributed by atoms with Gasteiger partial charge in [-0.25, -0.2) is 9.97 Å². The Morgan fingerprint density at radius 1 is 0.411 bits per heavy atom. The maximum atomic E-state index is 6.99. The molecule has 0 radical (unpaired) electrons. The first-order valence-electron chi connectivity index (χ1n) is 25.5. The lowest BCUT2D eigenvalue weighted by atomic mass is 9.34. The van der Waals surface area contributed by atoms with Crippen LogP contribution in [0, 0.1) is 0 Å². The second-order valence-corrected chi connectivity index (χ2v) is 22.5. The molecule has 0 N–H and O–H groups in total. The number of aromatic nitrogens is 4. The van der Waals surface area contributed by atoms with Crippen LogP contribution in [-0.4, -0.2) is 25.8 Å². The van der Waals surface area contributed by atoms with Gasteiger partial charge in [0.25, 0.3) is 6.71 Å². The summed E-state index contributed by atoms with van der Waals surface area (Å²) in [6.45, 7) is 13.9. The molecular formula is C66H47BN4O2. The summed E-state index contributed by atoms with van der Waals surface area (Å²) in [5, 5.41) is 9.16. The van der Waals surface area contributed by atoms with Gasteiger partial charge < -0.3 is 18.0 Å². The lowest BCUT2D eigenvalue weighted by Crippen LogP contribution is -2.59. The third kappa shape index (κ3) is 5.54. The van der Waals surface area contributed by atoms with Crippen LogP contribution in [0.2, 0.25) is 0 Å². The van der Waals surface area contributed by atoms with Crippen LogP contribution in [0.3, 0.4) is 0 Å². The van der Waals surface area contributed by atoms with Crippen molar-refractivity contribution in [2.75, 3.05) is 0 Å². The molecular weight excluding hydrogens is 892 g/mol. The first-order chi connectivity index (χ1) is 35.5. The van der Waals surface area contributed by atoms with E-state index in [2.05, 4.69) is 227 Å². The third-order valence-electron chi connectivity index (χ3n) is 16.2. The molecule has 2 aliphatic rings. The van der Waals surface area contributed by atoms with Gasteiger partial charge in [-0.2, -0.15) is 0 Å². The molecule has 0 saturated carbocycles. The fraction of sp³-hybridized carbons (Fsp3) is 0.121. The second kappa shape index (κ2) is 14.0. The summed E-state index contributed by atoms with van der Waals surface area (Å²) in [5.41, 5.74) is 21.4. The Labute approximate surface area is 421 Å². The molecule has 0 saturated heterocycles. The summed E-state index contributed by atoms with van der Waals surface area (Å²) in [6.07, 6.45) is 0. The minimum atomic E-state index is -0.148. The highest BCUT2D eigenvalue weighted by Crippen LogP contribution is 2.47. The number of hydrogen-bond acceptors (Lipinski definition) is 4. The van der Waals surface area contributed by atoms with E-state index in [-0.39, 0.29) is 17.5 Å². The third-order valence-corrected chi connectivity index (χ3v) is 16.2. The average molecular weight is 939 g/mol. The number of fused-ring (bicyclic) bond motifs is 18. The van der Waals surface area contributed by atoms with Crippen LogP contribution in [0.4, 0.5) is 0 Å². The predicted octanol–water partition coefficient (Wildman–Crippen LogP) is 15.2. The van der Waals surface area contributed by atoms with Gasteiger partial charge in [-0.1, -0.05) is 151 Å². The highest BCUT2D eigenvalue weighted by molar-refractivity contribution is 7.00. The maximum absolute atomic E-state index is 6.99. The van der Waals surface area contributed by atoms with Crippen LogP contribution in [0.25, 0.3) is 133 Å². The van der Waals surface area contributed by atoms with E-state index >= 15 is 0 Å². The average Bonchev–Trinajstić information content (AvgIpc) is 4.22. The molecule has 0 spiro atoms. The van der Waals surface area contributed by atoms with E-state index in [1.165, 1.54) is 49.3 Å². The number of benzene rings is 9. The van der Waals surface area contributed by atoms with Crippen molar-refractivity contribution in [3.63, 3.8) is 0 Å². The summed E-state index contributed by atoms with van der Waals surface area (Å²) >= 11 is 0. The monoisotopic (exact) mass is 938 g/mol. The Hall–Kier alpha value is -8.68. The second-order valence-electron chi connectivity index (χ2n) is 22.5. The molecule has 0 unspecified atom stereocenters. The predicted molar refractivity (Wildman–Crippen MR) is 304 cm³/mol. The van der Waals surface area contributed by atoms with Gasteiger partial charge in [-0.3, -0.25) is 0 Å². The van der Waals surface area contributed by atoms with Gasteiger partial charge >= 0.3 is 0 Å². The molecule has 0 bridgehead atoms. The SMILES string of the molecule is CC(C)(C)c1cc2c3c(c1)c1c4oc5ccccc5c4ccc1n3-c1cc(-c3nc(-c4ccccc4)cc(-c4ccccc4)n3)cc3c1B2c1cc(C(C)(C)C)cc2c4c5oc6ccccc6c5ccc4n-3c12. The first-order valence-corrected chi connectivity index (χ1v) is 25.5. The van der Waals surface area contributed by atoms with Crippen LogP contribution in [0.1, 0.15) is 52.7 Å². The van der Waals surface area contributed by atoms with E-state index < -0.39 is 0 Å². The van der Waals surface area contributed by atoms with Crippen LogP contribution < -0.4 is 16.4 Å². The molecule has 16 rings (SSSR count). The molecule has 5 aromatic heterocycles. The van der Waals surface area contributed by atoms with Gasteiger partial charge in [0.1, 0.15) is 22.3 Å². The van der Waals surface area contributed by atoms with E-state index in [1.807, 2.05) is 0 Å². The molecule has 14 aromatic rings. The molecule has 0 atom stereocenters. The van der Waals surface area contributed by atoms with Crippen LogP contribution >= 0.6 is 0 Å². The van der Waals surface area contributed by atoms with Crippen molar-refractivity contribution in [3.8, 4) is 45.3 Å². The summed E-state index contributed by atoms with van der Waals surface area (Å²) in [6, 6.07) is 63.9. The highest BCUT2D eigenvalue weighted by Gasteiger charge is 2.43. The number of nitrogens with zero attached hydrogens (tertiary/aromatic N) is 4. The van der Waals surface area contributed by atoms with Gasteiger partial charge in [-0.05, 0) is 105 Å². The lowest BCUT2D eigenvalue weighted by Gasteiger charge is -2.35. The zero-order chi connectivity index (χ0) is 48.8. The van der Waals surface area contributed by atoms with Gasteiger partial charge in [0.2, 0.25) is 0 Å². The summed E-state index contributed by atoms with van der Waals surface area (Å²) in [7, 11) is 0. The van der Waals surface area contributed by atoms with Crippen molar-refractivity contribution in [2.45, 2.75) is 52.4 Å². The van der Waals surface area contributed by atoms with Crippen LogP contribution in [0.5, 0.6) is 0 Å². The zero-order valence-corrected chi connectivity index (χ0v) is 41.4. The quantitative estimate of drug-likeness (QED) is 0.166. The molecule has 6 nitrogen and oxygen atoms in total. The standard InChI is InChI=1S/C66H47BN4O2/c1-65(2,3)39-31-45-57-51(27-25-43-41-21-13-15-23-55(41)72-62(43)57)70-53-29-38(64-68-49(36-17-9-7-10-18-36)35-50(69-64)37-19-11-8-12-20-37)30-54-59(53)67(47(33-39)60(45)70)48-34-40(66(4,5)6)32-46-58-52(71(54)61(46)48)28-26-44-42-22-14-16-24-56(42)73-63(44)58/h7-35H,1-6H3. The summed E-state index contributed by atoms with van der Waals surface area (Å²) in [4.78, 5) is 11.0. The van der Waals surface area contributed by atoms with Gasteiger partial charge in [0.15, 0.2) is 5.82 Å². The van der Waals surface area contributed by atoms with Crippen molar-refractivity contribution in [1.82, 2.24) is 19.1 Å². The Bertz CT molecular complexity index is 4460. The van der Waals surface area contributed by atoms with E-state index in [9.17, 15) is 0 Å². The fourth-order valence-electron chi connectivity index (χ4n) is 12.7. The molecule has 0 amide bonds. The summed E-state index contributed by atoms with van der Waals surface area (Å²) < 4.78 is 19.1. The molecule has 7 heterocycles. The largest absolute Gasteiger partial charge is 0.455 e. The fourth-order valence-corrected chi connectivity index (χ4v) is 12.7. The normalized spacial score (nSPS) is 13.3. The Morgan fingerprint density at radius 3 is 1.30 bits per heavy atom. The minimum absolute atomic E-state index is 0.115. The number of furan rings is 2. The molecule has 346 valence electrons. The van der Waals surface area contributed by atoms with Crippen molar-refractivity contribution in [3.05, 3.63) is 187 Å². The maximum Gasteiger partial charge on any atom is 0.252 e. The van der Waals surface area contributed by atoms with E-state index in [1.54, 1.807) is 0 Å². The first kappa shape index (κ1) is 41.0. The Morgan fingerprint density at radius 2 is 0.849 bits per heavy atom. The number of rotatable bonds is 3. The lowest BCUT2D eigenvalue weighted by molar-refractivity contribution is 0.591. The molecule has 9 aromatic carbocycles. The Balaban J connectivity index is 1.12. The molecule has 0 aliphatic carbocycles. The zero-order valence-electron chi connectivity index (χ0n) is 41.4. The number of hydrogen-bond donors (Lipinski definition) is 0. The van der Waals surface area contributed by atoms with Crippen molar-refractivity contribution in [2.24, 2.45) is 0 Å².